The number of hydrogen-bond donors (Lipinski definition) is 2. The monoisotopic (exact) mass is 348 g/mol. The first kappa shape index (κ1) is 19.9. The standard InChI is InChI=1S/C17H20N2O6/c1-3-24-15(21)6-4-5-14(16(18)22)19-17(23)12-7-9-13(10-8-12)25-11(2)20/h4,6-10,14H,3,5H2,1-2H3,(H2,18,22)(H,19,23)/b6-4+/t14-/m0/s1. The average molecular weight is 348 g/mol. The lowest BCUT2D eigenvalue weighted by Gasteiger charge is -2.13. The molecule has 0 unspecified atom stereocenters. The van der Waals surface area contributed by atoms with Crippen LogP contribution in [-0.2, 0) is 19.1 Å². The molecule has 0 fully saturated rings. The first-order valence-electron chi connectivity index (χ1n) is 7.55. The molecule has 0 aliphatic heterocycles. The number of primary amides is 1. The molecule has 1 aromatic carbocycles. The smallest absolute Gasteiger partial charge is 0.330 e. The van der Waals surface area contributed by atoms with Gasteiger partial charge in [0.2, 0.25) is 5.91 Å². The summed E-state index contributed by atoms with van der Waals surface area (Å²) in [6.07, 6.45) is 2.61. The van der Waals surface area contributed by atoms with Gasteiger partial charge in [-0.05, 0) is 37.6 Å². The molecule has 8 heteroatoms. The van der Waals surface area contributed by atoms with Crippen molar-refractivity contribution in [1.82, 2.24) is 5.32 Å². The summed E-state index contributed by atoms with van der Waals surface area (Å²) in [6.45, 7) is 3.18. The van der Waals surface area contributed by atoms with Crippen molar-refractivity contribution in [2.45, 2.75) is 26.3 Å². The topological polar surface area (TPSA) is 125 Å². The summed E-state index contributed by atoms with van der Waals surface area (Å²) in [7, 11) is 0. The van der Waals surface area contributed by atoms with E-state index in [1.807, 2.05) is 0 Å². The van der Waals surface area contributed by atoms with E-state index in [0.29, 0.717) is 5.75 Å². The van der Waals surface area contributed by atoms with E-state index in [4.69, 9.17) is 15.2 Å². The second-order valence-corrected chi connectivity index (χ2v) is 4.94. The number of nitrogens with two attached hydrogens (primary N) is 1. The zero-order valence-corrected chi connectivity index (χ0v) is 14.0. The Balaban J connectivity index is 2.68. The minimum Gasteiger partial charge on any atom is -0.463 e. The highest BCUT2D eigenvalue weighted by Gasteiger charge is 2.18. The molecule has 0 saturated heterocycles. The fourth-order valence-electron chi connectivity index (χ4n) is 1.82. The third-order valence-corrected chi connectivity index (χ3v) is 2.94. The Morgan fingerprint density at radius 2 is 1.84 bits per heavy atom. The van der Waals surface area contributed by atoms with E-state index >= 15 is 0 Å². The van der Waals surface area contributed by atoms with E-state index < -0.39 is 29.8 Å². The molecule has 1 rings (SSSR count). The molecule has 3 N–H and O–H groups in total. The van der Waals surface area contributed by atoms with Gasteiger partial charge in [0.15, 0.2) is 0 Å². The largest absolute Gasteiger partial charge is 0.463 e. The van der Waals surface area contributed by atoms with Crippen LogP contribution in [0.25, 0.3) is 0 Å². The first-order chi connectivity index (χ1) is 11.8. The molecule has 0 aliphatic rings. The first-order valence-corrected chi connectivity index (χ1v) is 7.55. The highest BCUT2D eigenvalue weighted by Crippen LogP contribution is 2.12. The number of carbonyl (C=O) groups is 4. The van der Waals surface area contributed by atoms with E-state index in [9.17, 15) is 19.2 Å². The van der Waals surface area contributed by atoms with Gasteiger partial charge in [0, 0.05) is 18.6 Å². The van der Waals surface area contributed by atoms with Crippen LogP contribution in [-0.4, -0.2) is 36.4 Å². The summed E-state index contributed by atoms with van der Waals surface area (Å²) in [5.41, 5.74) is 5.52. The number of rotatable bonds is 8. The molecule has 0 radical (unpaired) electrons. The quantitative estimate of drug-likeness (QED) is 0.405. The Morgan fingerprint density at radius 3 is 2.36 bits per heavy atom. The molecule has 0 bridgehead atoms. The molecule has 2 amide bonds. The van der Waals surface area contributed by atoms with Crippen molar-refractivity contribution < 1.29 is 28.7 Å². The van der Waals surface area contributed by atoms with Crippen LogP contribution in [0.1, 0.15) is 30.6 Å². The number of hydrogen-bond acceptors (Lipinski definition) is 6. The normalized spacial score (nSPS) is 11.6. The fourth-order valence-corrected chi connectivity index (χ4v) is 1.82. The molecular weight excluding hydrogens is 328 g/mol. The summed E-state index contributed by atoms with van der Waals surface area (Å²) in [5.74, 6) is -1.98. The third-order valence-electron chi connectivity index (χ3n) is 2.94. The van der Waals surface area contributed by atoms with Crippen molar-refractivity contribution in [3.05, 3.63) is 42.0 Å². The summed E-state index contributed by atoms with van der Waals surface area (Å²) in [4.78, 5) is 45.6. The number of esters is 2. The van der Waals surface area contributed by atoms with E-state index in [1.165, 1.54) is 43.3 Å². The Kier molecular flexibility index (Phi) is 7.85. The molecule has 0 aliphatic carbocycles. The average Bonchev–Trinajstić information content (AvgIpc) is 2.54. The maximum Gasteiger partial charge on any atom is 0.330 e. The maximum absolute atomic E-state index is 12.2. The second-order valence-electron chi connectivity index (χ2n) is 4.94. The second kappa shape index (κ2) is 9.86. The van der Waals surface area contributed by atoms with E-state index in [0.717, 1.165) is 0 Å². The minimum atomic E-state index is -0.980. The number of nitrogens with one attached hydrogen (secondary N) is 1. The molecule has 1 aromatic rings. The van der Waals surface area contributed by atoms with Crippen LogP contribution in [0.2, 0.25) is 0 Å². The van der Waals surface area contributed by atoms with Crippen LogP contribution >= 0.6 is 0 Å². The molecule has 0 spiro atoms. The van der Waals surface area contributed by atoms with Crippen LogP contribution in [0.3, 0.4) is 0 Å². The lowest BCUT2D eigenvalue weighted by molar-refractivity contribution is -0.137. The molecule has 0 heterocycles. The number of benzene rings is 1. The number of amides is 2. The van der Waals surface area contributed by atoms with Crippen molar-refractivity contribution in [3.8, 4) is 5.75 Å². The van der Waals surface area contributed by atoms with Crippen molar-refractivity contribution in [2.24, 2.45) is 5.73 Å². The Hall–Kier alpha value is -3.16. The van der Waals surface area contributed by atoms with Gasteiger partial charge in [0.25, 0.3) is 5.91 Å². The van der Waals surface area contributed by atoms with E-state index in [2.05, 4.69) is 5.32 Å². The van der Waals surface area contributed by atoms with Gasteiger partial charge in [-0.25, -0.2) is 4.79 Å². The van der Waals surface area contributed by atoms with Crippen LogP contribution < -0.4 is 15.8 Å². The Labute approximate surface area is 145 Å². The number of carbonyl (C=O) groups excluding carboxylic acids is 4. The summed E-state index contributed by atoms with van der Waals surface area (Å²) in [5, 5.41) is 2.47. The van der Waals surface area contributed by atoms with Gasteiger partial charge in [-0.3, -0.25) is 14.4 Å². The van der Waals surface area contributed by atoms with Gasteiger partial charge >= 0.3 is 11.9 Å². The predicted molar refractivity (Wildman–Crippen MR) is 88.6 cm³/mol. The van der Waals surface area contributed by atoms with Crippen molar-refractivity contribution in [3.63, 3.8) is 0 Å². The fraction of sp³-hybridized carbons (Fsp3) is 0.294. The summed E-state index contributed by atoms with van der Waals surface area (Å²) >= 11 is 0. The van der Waals surface area contributed by atoms with Gasteiger partial charge in [-0.2, -0.15) is 0 Å². The maximum atomic E-state index is 12.2. The predicted octanol–water partition coefficient (Wildman–Crippen LogP) is 0.705. The van der Waals surface area contributed by atoms with Gasteiger partial charge < -0.3 is 20.5 Å². The van der Waals surface area contributed by atoms with Crippen LogP contribution in [0.5, 0.6) is 5.75 Å². The highest BCUT2D eigenvalue weighted by atomic mass is 16.5. The van der Waals surface area contributed by atoms with Gasteiger partial charge in [0.1, 0.15) is 11.8 Å². The van der Waals surface area contributed by atoms with E-state index in [-0.39, 0.29) is 18.6 Å². The Bertz CT molecular complexity index is 666. The van der Waals surface area contributed by atoms with Crippen LogP contribution in [0.4, 0.5) is 0 Å². The zero-order valence-electron chi connectivity index (χ0n) is 14.0. The van der Waals surface area contributed by atoms with Gasteiger partial charge in [0.05, 0.1) is 6.61 Å². The SMILES string of the molecule is CCOC(=O)/C=C/C[C@H](NC(=O)c1ccc(OC(C)=O)cc1)C(N)=O. The Morgan fingerprint density at radius 1 is 1.20 bits per heavy atom. The molecule has 134 valence electrons. The van der Waals surface area contributed by atoms with Crippen molar-refractivity contribution in [1.29, 1.82) is 0 Å². The van der Waals surface area contributed by atoms with Crippen LogP contribution in [0.15, 0.2) is 36.4 Å². The molecule has 25 heavy (non-hydrogen) atoms. The molecule has 0 aromatic heterocycles. The minimum absolute atomic E-state index is 0.0470. The van der Waals surface area contributed by atoms with Crippen molar-refractivity contribution >= 4 is 23.8 Å². The zero-order chi connectivity index (χ0) is 18.8. The highest BCUT2D eigenvalue weighted by molar-refractivity contribution is 5.97. The van der Waals surface area contributed by atoms with Crippen LogP contribution in [0, 0.1) is 0 Å². The van der Waals surface area contributed by atoms with E-state index in [1.54, 1.807) is 6.92 Å². The molecular formula is C17H20N2O6. The molecule has 0 saturated carbocycles. The summed E-state index contributed by atoms with van der Waals surface area (Å²) in [6, 6.07) is 4.82. The van der Waals surface area contributed by atoms with Gasteiger partial charge in [-0.15, -0.1) is 0 Å². The lowest BCUT2D eigenvalue weighted by Crippen LogP contribution is -2.44. The van der Waals surface area contributed by atoms with Crippen molar-refractivity contribution in [2.75, 3.05) is 6.61 Å². The summed E-state index contributed by atoms with van der Waals surface area (Å²) < 4.78 is 9.57. The molecule has 1 atom stereocenters. The molecule has 8 nitrogen and oxygen atoms in total. The van der Waals surface area contributed by atoms with Gasteiger partial charge in [-0.1, -0.05) is 6.08 Å². The number of ether oxygens (including phenoxy) is 2. The third kappa shape index (κ3) is 7.30. The lowest BCUT2D eigenvalue weighted by atomic mass is 10.1.